The highest BCUT2D eigenvalue weighted by atomic mass is 31.1. The molecule has 5 rings (SSSR count). The largest absolute Gasteiger partial charge is 0.508 e. The summed E-state index contributed by atoms with van der Waals surface area (Å²) in [5.74, 6) is -0.459. The van der Waals surface area contributed by atoms with Crippen LogP contribution in [-0.4, -0.2) is 56.7 Å². The zero-order valence-electron chi connectivity index (χ0n) is 25.2. The third-order valence-electron chi connectivity index (χ3n) is 8.56. The van der Waals surface area contributed by atoms with Crippen molar-refractivity contribution in [1.82, 2.24) is 14.9 Å². The van der Waals surface area contributed by atoms with Gasteiger partial charge in [0, 0.05) is 26.2 Å². The highest BCUT2D eigenvalue weighted by Crippen LogP contribution is 2.42. The first kappa shape index (κ1) is 32.6. The van der Waals surface area contributed by atoms with Gasteiger partial charge < -0.3 is 25.4 Å². The summed E-state index contributed by atoms with van der Waals surface area (Å²) in [5.41, 5.74) is 1.90. The molecule has 2 heterocycles. The van der Waals surface area contributed by atoms with Crippen molar-refractivity contribution in [3.05, 3.63) is 64.3 Å². The summed E-state index contributed by atoms with van der Waals surface area (Å²) in [6.07, 6.45) is -0.729. The van der Waals surface area contributed by atoms with E-state index in [1.54, 1.807) is 31.3 Å². The minimum Gasteiger partial charge on any atom is -0.495 e. The average molecular weight is 647 g/mol. The van der Waals surface area contributed by atoms with Crippen LogP contribution in [0.25, 0.3) is 0 Å². The molecule has 1 fully saturated rings. The maximum atomic E-state index is 14.1. The molecule has 2 aromatic carbocycles. The Balaban J connectivity index is 1.47. The van der Waals surface area contributed by atoms with E-state index in [1.165, 1.54) is 12.0 Å². The minimum atomic E-state index is -4.78. The molecule has 1 saturated carbocycles. The number of carbonyl (C=O) groups excluding carboxylic acids is 1. The molecule has 240 valence electrons. The zero-order chi connectivity index (χ0) is 32.5. The number of methoxy groups -OCH3 is 1. The van der Waals surface area contributed by atoms with E-state index in [4.69, 9.17) is 4.74 Å². The lowest BCUT2D eigenvalue weighted by molar-refractivity contribution is -0.137. The maximum absolute atomic E-state index is 14.1. The molecule has 10 nitrogen and oxygen atoms in total. The Hall–Kier alpha value is -3.80. The van der Waals surface area contributed by atoms with E-state index in [1.807, 2.05) is 13.0 Å². The molecule has 0 spiro atoms. The normalized spacial score (nSPS) is 19.2. The van der Waals surface area contributed by atoms with Crippen LogP contribution in [0.15, 0.2) is 36.5 Å². The predicted octanol–water partition coefficient (Wildman–Crippen LogP) is 6.65. The first-order chi connectivity index (χ1) is 21.4. The van der Waals surface area contributed by atoms with E-state index in [-0.39, 0.29) is 29.6 Å². The summed E-state index contributed by atoms with van der Waals surface area (Å²) in [6, 6.07) is 8.54. The zero-order valence-corrected chi connectivity index (χ0v) is 26.1. The number of rotatable bonds is 10. The molecule has 2 aliphatic rings. The summed E-state index contributed by atoms with van der Waals surface area (Å²) in [6.45, 7) is 2.17. The van der Waals surface area contributed by atoms with E-state index in [9.17, 15) is 32.5 Å². The molecule has 1 aliphatic heterocycles. The van der Waals surface area contributed by atoms with Crippen LogP contribution in [-0.2, 0) is 23.7 Å². The Labute approximate surface area is 259 Å². The van der Waals surface area contributed by atoms with E-state index < -0.39 is 31.2 Å². The van der Waals surface area contributed by atoms with Gasteiger partial charge in [-0.25, -0.2) is 4.98 Å². The number of hydrogen-bond acceptors (Lipinski definition) is 8. The van der Waals surface area contributed by atoms with Gasteiger partial charge in [-0.1, -0.05) is 19.1 Å². The van der Waals surface area contributed by atoms with Gasteiger partial charge in [0.1, 0.15) is 17.1 Å². The van der Waals surface area contributed by atoms with E-state index in [2.05, 4.69) is 20.6 Å². The monoisotopic (exact) mass is 646 g/mol. The van der Waals surface area contributed by atoms with Gasteiger partial charge in [-0.2, -0.15) is 23.0 Å². The molecule has 2 unspecified atom stereocenters. The number of aliphatic hydroxyl groups is 1. The van der Waals surface area contributed by atoms with Crippen LogP contribution in [0.1, 0.15) is 77.6 Å². The number of amides is 1. The van der Waals surface area contributed by atoms with Crippen LogP contribution in [0.4, 0.5) is 36.3 Å². The summed E-state index contributed by atoms with van der Waals surface area (Å²) in [5, 5.41) is 15.7. The molecule has 0 saturated heterocycles. The van der Waals surface area contributed by atoms with Crippen LogP contribution in [0.3, 0.4) is 0 Å². The molecule has 14 heteroatoms. The molecule has 45 heavy (non-hydrogen) atoms. The van der Waals surface area contributed by atoms with Crippen molar-refractivity contribution in [1.29, 1.82) is 0 Å². The smallest absolute Gasteiger partial charge is 0.495 e. The second-order valence-electron chi connectivity index (χ2n) is 11.5. The van der Waals surface area contributed by atoms with Crippen molar-refractivity contribution >= 4 is 37.1 Å². The predicted molar refractivity (Wildman–Crippen MR) is 164 cm³/mol. The first-order valence-corrected chi connectivity index (χ1v) is 16.1. The van der Waals surface area contributed by atoms with Gasteiger partial charge in [0.15, 0.2) is 5.66 Å². The minimum absolute atomic E-state index is 0.140. The fourth-order valence-electron chi connectivity index (χ4n) is 6.06. The van der Waals surface area contributed by atoms with Gasteiger partial charge >= 0.3 is 14.2 Å². The fraction of sp³-hybridized carbons (Fsp3) is 0.452. The fourth-order valence-corrected chi connectivity index (χ4v) is 6.74. The lowest BCUT2D eigenvalue weighted by Crippen LogP contribution is -2.18. The molecule has 1 aliphatic carbocycles. The summed E-state index contributed by atoms with van der Waals surface area (Å²) in [7, 11) is 0.725. The topological polar surface area (TPSA) is 137 Å². The molecular formula is C31H36F3N5O5P+. The lowest BCUT2D eigenvalue weighted by atomic mass is 9.80. The molecule has 0 bridgehead atoms. The number of nitrogens with one attached hydrogen (secondary N) is 2. The van der Waals surface area contributed by atoms with Crippen LogP contribution < -0.4 is 15.4 Å². The Morgan fingerprint density at radius 1 is 1.13 bits per heavy atom. The van der Waals surface area contributed by atoms with Crippen LogP contribution >= 0.6 is 8.03 Å². The standard InChI is InChI=1S/C31H35F3N5O5P/c1-4-20(45(42)43)13-17-5-11-24(26(14-17)44-3)37-30-35-15-23(31(32,33)34)28(38-30)36-25-12-10-21(18-6-8-19(40)9-7-18)22-16-39(2)29(41)27(22)25/h5,10-12,14-15,18-20,40H,4,6-9,13,16H2,1-3H3,(H2-,35,36,37,38,41,42,43)/p+1. The molecule has 1 aromatic heterocycles. The van der Waals surface area contributed by atoms with Gasteiger partial charge in [-0.3, -0.25) is 4.79 Å². The van der Waals surface area contributed by atoms with Gasteiger partial charge in [0.05, 0.1) is 30.2 Å². The number of alkyl halides is 3. The number of hydrogen-bond donors (Lipinski definition) is 4. The number of nitrogens with zero attached hydrogens (tertiary/aromatic N) is 3. The summed E-state index contributed by atoms with van der Waals surface area (Å²) in [4.78, 5) is 32.4. The third kappa shape index (κ3) is 7.05. The first-order valence-electron chi connectivity index (χ1n) is 14.8. The number of benzene rings is 2. The molecule has 0 radical (unpaired) electrons. The van der Waals surface area contributed by atoms with Gasteiger partial charge in [-0.15, -0.1) is 0 Å². The molecule has 4 N–H and O–H groups in total. The second-order valence-corrected chi connectivity index (χ2v) is 12.9. The van der Waals surface area contributed by atoms with Crippen molar-refractivity contribution in [3.8, 4) is 5.75 Å². The van der Waals surface area contributed by atoms with Gasteiger partial charge in [-0.05, 0) is 77.5 Å². The van der Waals surface area contributed by atoms with Crippen molar-refractivity contribution < 1.29 is 37.3 Å². The second kappa shape index (κ2) is 13.3. The van der Waals surface area contributed by atoms with Gasteiger partial charge in [0.2, 0.25) is 5.95 Å². The Kier molecular flexibility index (Phi) is 9.62. The number of halogens is 3. The Morgan fingerprint density at radius 3 is 2.49 bits per heavy atom. The number of ether oxygens (including phenoxy) is 1. The molecular weight excluding hydrogens is 610 g/mol. The number of aliphatic hydroxyl groups excluding tert-OH is 1. The van der Waals surface area contributed by atoms with Crippen molar-refractivity contribution in [2.24, 2.45) is 0 Å². The van der Waals surface area contributed by atoms with Crippen LogP contribution in [0.2, 0.25) is 0 Å². The van der Waals surface area contributed by atoms with E-state index in [0.29, 0.717) is 55.4 Å². The number of carbonyl (C=O) groups is 1. The average Bonchev–Trinajstić information content (AvgIpc) is 3.30. The van der Waals surface area contributed by atoms with E-state index >= 15 is 0 Å². The quantitative estimate of drug-likeness (QED) is 0.179. The van der Waals surface area contributed by atoms with Crippen LogP contribution in [0, 0.1) is 0 Å². The van der Waals surface area contributed by atoms with E-state index in [0.717, 1.165) is 29.5 Å². The van der Waals surface area contributed by atoms with Gasteiger partial charge in [0.25, 0.3) is 5.91 Å². The maximum Gasteiger partial charge on any atom is 0.508 e. The van der Waals surface area contributed by atoms with Crippen molar-refractivity contribution in [2.75, 3.05) is 24.8 Å². The molecule has 3 aromatic rings. The number of anilines is 4. The molecule has 1 amide bonds. The number of aromatic nitrogens is 2. The van der Waals surface area contributed by atoms with Crippen LogP contribution in [0.5, 0.6) is 5.75 Å². The van der Waals surface area contributed by atoms with Crippen molar-refractivity contribution in [3.63, 3.8) is 0 Å². The molecule has 2 atom stereocenters. The van der Waals surface area contributed by atoms with Crippen molar-refractivity contribution in [2.45, 2.75) is 75.9 Å². The Morgan fingerprint density at radius 2 is 1.84 bits per heavy atom. The SMILES string of the molecule is CCC(Cc1ccc(Nc2ncc(C(F)(F)F)c(Nc3ccc(C4CCC(O)CC4)c4c3C(=O)N(C)C4)n2)c(OC)c1)[P+](=O)O. The Bertz CT molecular complexity index is 1600. The summed E-state index contributed by atoms with van der Waals surface area (Å²) >= 11 is 0. The highest BCUT2D eigenvalue weighted by molar-refractivity contribution is 7.38. The lowest BCUT2D eigenvalue weighted by Gasteiger charge is -2.27. The third-order valence-corrected chi connectivity index (χ3v) is 9.73. The highest BCUT2D eigenvalue weighted by Gasteiger charge is 2.37. The summed E-state index contributed by atoms with van der Waals surface area (Å²) < 4.78 is 59.5. The number of fused-ring (bicyclic) bond motifs is 1.